The quantitative estimate of drug-likeness (QED) is 0.544. The molecule has 27 heavy (non-hydrogen) atoms. The van der Waals surface area contributed by atoms with Gasteiger partial charge in [0.1, 0.15) is 0 Å². The monoisotopic (exact) mass is 393 g/mol. The van der Waals surface area contributed by atoms with Gasteiger partial charge in [-0.25, -0.2) is 4.79 Å². The molecule has 0 aromatic rings. The average Bonchev–Trinajstić information content (AvgIpc) is 2.55. The Balaban J connectivity index is 1.43. The molecule has 0 aromatic heterocycles. The highest BCUT2D eigenvalue weighted by atomic mass is 19.4. The van der Waals surface area contributed by atoms with Crippen molar-refractivity contribution in [3.8, 4) is 0 Å². The lowest BCUT2D eigenvalue weighted by Crippen LogP contribution is -2.61. The first-order valence-electron chi connectivity index (χ1n) is 8.89. The van der Waals surface area contributed by atoms with Gasteiger partial charge in [0.25, 0.3) is 0 Å². The minimum Gasteiger partial charge on any atom is -0.465 e. The van der Waals surface area contributed by atoms with Crippen molar-refractivity contribution in [1.82, 2.24) is 16.2 Å². The lowest BCUT2D eigenvalue weighted by Gasteiger charge is -2.52. The van der Waals surface area contributed by atoms with Crippen LogP contribution in [-0.4, -0.2) is 41.0 Å². The molecule has 11 heteroatoms. The van der Waals surface area contributed by atoms with E-state index in [4.69, 9.17) is 5.11 Å². The number of carbonyl (C=O) groups excluding carboxylic acids is 2. The van der Waals surface area contributed by atoms with Crippen molar-refractivity contribution >= 4 is 17.9 Å². The molecule has 4 fully saturated rings. The second kappa shape index (κ2) is 6.84. The Kier molecular flexibility index (Phi) is 5.00. The van der Waals surface area contributed by atoms with Gasteiger partial charge in [-0.1, -0.05) is 0 Å². The Morgan fingerprint density at radius 3 is 2.00 bits per heavy atom. The van der Waals surface area contributed by atoms with E-state index in [1.165, 1.54) is 0 Å². The zero-order valence-electron chi connectivity index (χ0n) is 14.5. The number of amides is 3. The van der Waals surface area contributed by atoms with E-state index in [9.17, 15) is 27.6 Å². The number of hydrazine groups is 1. The van der Waals surface area contributed by atoms with Crippen molar-refractivity contribution in [1.29, 1.82) is 0 Å². The first-order valence-corrected chi connectivity index (χ1v) is 8.89. The Morgan fingerprint density at radius 1 is 0.963 bits per heavy atom. The number of ether oxygens (including phenoxy) is 1. The third-order valence-corrected chi connectivity index (χ3v) is 6.17. The Bertz CT molecular complexity index is 609. The molecule has 8 nitrogen and oxygen atoms in total. The predicted molar refractivity (Wildman–Crippen MR) is 84.0 cm³/mol. The number of alkyl halides is 3. The van der Waals surface area contributed by atoms with Crippen LogP contribution in [-0.2, 0) is 14.3 Å². The fourth-order valence-corrected chi connectivity index (χ4v) is 4.36. The SMILES string of the molecule is O=C(O)NC12CCC(C(=O)NNC(=O)[C@H]3C[C@@H](OC(F)(F)F)C3)(CC1)CC2. The number of hydrogen-bond donors (Lipinski definition) is 4. The van der Waals surface area contributed by atoms with Gasteiger partial charge in [-0.2, -0.15) is 0 Å². The molecule has 0 heterocycles. The van der Waals surface area contributed by atoms with Gasteiger partial charge in [0, 0.05) is 11.5 Å². The molecule has 4 saturated carbocycles. The third-order valence-electron chi connectivity index (χ3n) is 6.17. The highest BCUT2D eigenvalue weighted by Gasteiger charge is 2.53. The summed E-state index contributed by atoms with van der Waals surface area (Å²) in [6, 6.07) is 0. The van der Waals surface area contributed by atoms with Crippen LogP contribution in [0, 0.1) is 11.3 Å². The van der Waals surface area contributed by atoms with Gasteiger partial charge in [-0.05, 0) is 51.4 Å². The highest BCUT2D eigenvalue weighted by Crippen LogP contribution is 2.52. The van der Waals surface area contributed by atoms with E-state index in [1.807, 2.05) is 0 Å². The molecule has 4 aliphatic carbocycles. The Hall–Kier alpha value is -2.04. The molecule has 0 saturated heterocycles. The normalized spacial score (nSPS) is 35.1. The predicted octanol–water partition coefficient (Wildman–Crippen LogP) is 1.81. The molecular weight excluding hydrogens is 371 g/mol. The third kappa shape index (κ3) is 4.28. The molecule has 152 valence electrons. The average molecular weight is 393 g/mol. The fourth-order valence-electron chi connectivity index (χ4n) is 4.36. The standard InChI is InChI=1S/C16H22F3N3O5/c17-16(18,19)27-10-7-9(8-10)11(23)21-22-12(24)14-1-4-15(5-2-14,6-3-14)20-13(25)26/h9-10,20H,1-8H2,(H,21,23)(H,22,24)(H,25,26)/t9-,10+,14?,15?. The van der Waals surface area contributed by atoms with E-state index in [-0.39, 0.29) is 18.7 Å². The van der Waals surface area contributed by atoms with Crippen LogP contribution in [0.3, 0.4) is 0 Å². The second-order valence-electron chi connectivity index (χ2n) is 7.79. The van der Waals surface area contributed by atoms with Crippen LogP contribution >= 0.6 is 0 Å². The van der Waals surface area contributed by atoms with Crippen molar-refractivity contribution in [2.45, 2.75) is 69.4 Å². The Morgan fingerprint density at radius 2 is 1.52 bits per heavy atom. The molecule has 0 unspecified atom stereocenters. The summed E-state index contributed by atoms with van der Waals surface area (Å²) in [6.45, 7) is 0. The van der Waals surface area contributed by atoms with Crippen LogP contribution in [0.4, 0.5) is 18.0 Å². The van der Waals surface area contributed by atoms with Gasteiger partial charge < -0.3 is 10.4 Å². The van der Waals surface area contributed by atoms with Crippen LogP contribution in [0.25, 0.3) is 0 Å². The van der Waals surface area contributed by atoms with Crippen molar-refractivity contribution < 1.29 is 37.4 Å². The summed E-state index contributed by atoms with van der Waals surface area (Å²) in [6.07, 6.45) is -3.70. The molecule has 0 spiro atoms. The van der Waals surface area contributed by atoms with Crippen molar-refractivity contribution in [3.63, 3.8) is 0 Å². The number of nitrogens with one attached hydrogen (secondary N) is 3. The maximum atomic E-state index is 12.6. The second-order valence-corrected chi connectivity index (χ2v) is 7.79. The highest BCUT2D eigenvalue weighted by molar-refractivity contribution is 5.87. The smallest absolute Gasteiger partial charge is 0.465 e. The molecular formula is C16H22F3N3O5. The molecule has 3 amide bonds. The number of fused-ring (bicyclic) bond motifs is 3. The minimum atomic E-state index is -4.72. The summed E-state index contributed by atoms with van der Waals surface area (Å²) in [7, 11) is 0. The van der Waals surface area contributed by atoms with Crippen LogP contribution < -0.4 is 16.2 Å². The van der Waals surface area contributed by atoms with Crippen molar-refractivity contribution in [2.75, 3.05) is 0 Å². The van der Waals surface area contributed by atoms with E-state index >= 15 is 0 Å². The molecule has 4 N–H and O–H groups in total. The van der Waals surface area contributed by atoms with Crippen molar-refractivity contribution in [3.05, 3.63) is 0 Å². The zero-order chi connectivity index (χ0) is 19.9. The van der Waals surface area contributed by atoms with Gasteiger partial charge in [-0.3, -0.25) is 25.2 Å². The van der Waals surface area contributed by atoms with E-state index in [0.717, 1.165) is 0 Å². The topological polar surface area (TPSA) is 117 Å². The van der Waals surface area contributed by atoms with Gasteiger partial charge in [0.2, 0.25) is 11.8 Å². The summed E-state index contributed by atoms with van der Waals surface area (Å²) in [5.74, 6) is -1.49. The maximum Gasteiger partial charge on any atom is 0.522 e. The number of carboxylic acid groups (broad SMARTS) is 1. The van der Waals surface area contributed by atoms with Gasteiger partial charge in [0.05, 0.1) is 11.5 Å². The van der Waals surface area contributed by atoms with E-state index in [0.29, 0.717) is 38.5 Å². The van der Waals surface area contributed by atoms with Crippen molar-refractivity contribution in [2.24, 2.45) is 11.3 Å². The number of rotatable bonds is 4. The number of carbonyl (C=O) groups is 3. The summed E-state index contributed by atoms with van der Waals surface area (Å²) < 4.78 is 40.1. The number of hydrogen-bond acceptors (Lipinski definition) is 4. The molecule has 0 atom stereocenters. The Labute approximate surface area is 153 Å². The van der Waals surface area contributed by atoms with Crippen LogP contribution in [0.1, 0.15) is 51.4 Å². The maximum absolute atomic E-state index is 12.6. The molecule has 0 radical (unpaired) electrons. The van der Waals surface area contributed by atoms with Gasteiger partial charge >= 0.3 is 12.5 Å². The molecule has 0 aromatic carbocycles. The van der Waals surface area contributed by atoms with Crippen LogP contribution in [0.2, 0.25) is 0 Å². The lowest BCUT2D eigenvalue weighted by atomic mass is 9.57. The van der Waals surface area contributed by atoms with Crippen LogP contribution in [0.5, 0.6) is 0 Å². The summed E-state index contributed by atoms with van der Waals surface area (Å²) >= 11 is 0. The lowest BCUT2D eigenvalue weighted by molar-refractivity contribution is -0.353. The summed E-state index contributed by atoms with van der Waals surface area (Å²) in [5.41, 5.74) is 3.58. The fraction of sp³-hybridized carbons (Fsp3) is 0.812. The molecule has 4 aliphatic rings. The van der Waals surface area contributed by atoms with Gasteiger partial charge in [0.15, 0.2) is 0 Å². The summed E-state index contributed by atoms with van der Waals surface area (Å²) in [4.78, 5) is 35.4. The molecule has 0 aliphatic heterocycles. The molecule has 4 rings (SSSR count). The first kappa shape index (κ1) is 19.7. The largest absolute Gasteiger partial charge is 0.522 e. The zero-order valence-corrected chi connectivity index (χ0v) is 14.5. The van der Waals surface area contributed by atoms with Gasteiger partial charge in [-0.15, -0.1) is 13.2 Å². The van der Waals surface area contributed by atoms with Crippen LogP contribution in [0.15, 0.2) is 0 Å². The number of halogens is 3. The first-order chi connectivity index (χ1) is 12.5. The minimum absolute atomic E-state index is 0.0459. The van der Waals surface area contributed by atoms with E-state index in [2.05, 4.69) is 20.9 Å². The van der Waals surface area contributed by atoms with E-state index < -0.39 is 41.3 Å². The van der Waals surface area contributed by atoms with E-state index in [1.54, 1.807) is 0 Å². The summed E-state index contributed by atoms with van der Waals surface area (Å²) in [5, 5.41) is 11.5. The molecule has 2 bridgehead atoms.